The van der Waals surface area contributed by atoms with E-state index in [-0.39, 0.29) is 6.54 Å². The zero-order valence-electron chi connectivity index (χ0n) is 10.0. The monoisotopic (exact) mass is 253 g/mol. The van der Waals surface area contributed by atoms with Crippen LogP contribution in [0.1, 0.15) is 0 Å². The molecule has 0 bridgehead atoms. The Morgan fingerprint density at radius 2 is 2.05 bits per heavy atom. The minimum atomic E-state index is -0.895. The molecule has 5 nitrogen and oxygen atoms in total. The highest BCUT2D eigenvalue weighted by Gasteiger charge is 2.14. The van der Waals surface area contributed by atoms with Crippen LogP contribution in [0.15, 0.2) is 48.8 Å². The number of carbonyl (C=O) groups is 1. The van der Waals surface area contributed by atoms with Crippen molar-refractivity contribution in [1.82, 2.24) is 14.5 Å². The average molecular weight is 253 g/mol. The second kappa shape index (κ2) is 4.53. The van der Waals surface area contributed by atoms with E-state index in [9.17, 15) is 4.79 Å². The molecule has 0 amide bonds. The lowest BCUT2D eigenvalue weighted by atomic mass is 10.2. The Kier molecular flexibility index (Phi) is 2.72. The number of hydrogen-bond donors (Lipinski definition) is 1. The average Bonchev–Trinajstić information content (AvgIpc) is 2.78. The first-order chi connectivity index (χ1) is 9.25. The van der Waals surface area contributed by atoms with Gasteiger partial charge in [0.05, 0.1) is 11.0 Å². The molecule has 2 aromatic heterocycles. The van der Waals surface area contributed by atoms with Crippen molar-refractivity contribution in [3.8, 4) is 11.4 Å². The number of carboxylic acids is 1. The molecule has 0 aliphatic rings. The maximum Gasteiger partial charge on any atom is 0.323 e. The van der Waals surface area contributed by atoms with Gasteiger partial charge in [-0.1, -0.05) is 12.1 Å². The molecular formula is C14H11N3O2. The number of aliphatic carboxylic acids is 1. The van der Waals surface area contributed by atoms with Gasteiger partial charge in [-0.05, 0) is 24.3 Å². The molecule has 1 aromatic carbocycles. The number of carboxylic acid groups (broad SMARTS) is 1. The lowest BCUT2D eigenvalue weighted by molar-refractivity contribution is -0.137. The van der Waals surface area contributed by atoms with Gasteiger partial charge < -0.3 is 9.67 Å². The van der Waals surface area contributed by atoms with Crippen LogP contribution >= 0.6 is 0 Å². The highest BCUT2D eigenvalue weighted by Crippen LogP contribution is 2.23. The third-order valence-corrected chi connectivity index (χ3v) is 2.87. The minimum absolute atomic E-state index is 0.120. The normalized spacial score (nSPS) is 10.7. The Labute approximate surface area is 109 Å². The summed E-state index contributed by atoms with van der Waals surface area (Å²) >= 11 is 0. The molecule has 94 valence electrons. The molecule has 0 fully saturated rings. The van der Waals surface area contributed by atoms with Crippen LogP contribution in [-0.2, 0) is 11.3 Å². The van der Waals surface area contributed by atoms with E-state index < -0.39 is 5.97 Å². The van der Waals surface area contributed by atoms with E-state index in [4.69, 9.17) is 5.11 Å². The summed E-state index contributed by atoms with van der Waals surface area (Å²) in [7, 11) is 0. The Morgan fingerprint density at radius 1 is 1.21 bits per heavy atom. The van der Waals surface area contributed by atoms with Gasteiger partial charge in [0.25, 0.3) is 0 Å². The second-order valence-corrected chi connectivity index (χ2v) is 4.15. The predicted octanol–water partition coefficient (Wildman–Crippen LogP) is 2.18. The van der Waals surface area contributed by atoms with Crippen LogP contribution in [0, 0.1) is 0 Å². The number of rotatable bonds is 3. The van der Waals surface area contributed by atoms with Crippen molar-refractivity contribution in [2.75, 3.05) is 0 Å². The van der Waals surface area contributed by atoms with Crippen molar-refractivity contribution in [2.24, 2.45) is 0 Å². The fourth-order valence-corrected chi connectivity index (χ4v) is 2.09. The second-order valence-electron chi connectivity index (χ2n) is 4.15. The summed E-state index contributed by atoms with van der Waals surface area (Å²) < 4.78 is 1.69. The van der Waals surface area contributed by atoms with Crippen molar-refractivity contribution < 1.29 is 9.90 Å². The van der Waals surface area contributed by atoms with Gasteiger partial charge in [-0.2, -0.15) is 0 Å². The van der Waals surface area contributed by atoms with Gasteiger partial charge in [0.2, 0.25) is 0 Å². The van der Waals surface area contributed by atoms with E-state index in [2.05, 4.69) is 9.97 Å². The topological polar surface area (TPSA) is 68.0 Å². The molecule has 1 N–H and O–H groups in total. The van der Waals surface area contributed by atoms with Crippen LogP contribution in [0.2, 0.25) is 0 Å². The van der Waals surface area contributed by atoms with Gasteiger partial charge in [-0.3, -0.25) is 9.78 Å². The Hall–Kier alpha value is -2.69. The van der Waals surface area contributed by atoms with E-state index in [1.54, 1.807) is 23.0 Å². The molecule has 0 unspecified atom stereocenters. The third kappa shape index (κ3) is 2.06. The molecule has 0 aliphatic carbocycles. The third-order valence-electron chi connectivity index (χ3n) is 2.87. The molecule has 2 heterocycles. The van der Waals surface area contributed by atoms with E-state index in [1.165, 1.54) is 0 Å². The first-order valence-corrected chi connectivity index (χ1v) is 5.83. The molecule has 0 saturated heterocycles. The molecule has 0 radical (unpaired) electrons. The maximum absolute atomic E-state index is 11.0. The van der Waals surface area contributed by atoms with Crippen LogP contribution in [0.4, 0.5) is 0 Å². The number of pyridine rings is 1. The first-order valence-electron chi connectivity index (χ1n) is 5.83. The summed E-state index contributed by atoms with van der Waals surface area (Å²) in [6.45, 7) is -0.120. The number of aromatic nitrogens is 3. The summed E-state index contributed by atoms with van der Waals surface area (Å²) in [5, 5.41) is 9.05. The Morgan fingerprint density at radius 3 is 2.79 bits per heavy atom. The van der Waals surface area contributed by atoms with Gasteiger partial charge in [0.1, 0.15) is 12.4 Å². The van der Waals surface area contributed by atoms with Gasteiger partial charge in [-0.15, -0.1) is 0 Å². The van der Waals surface area contributed by atoms with Crippen LogP contribution in [-0.4, -0.2) is 25.6 Å². The summed E-state index contributed by atoms with van der Waals surface area (Å²) in [5.74, 6) is -0.273. The standard InChI is InChI=1S/C14H11N3O2/c18-13(19)9-17-12-6-2-1-5-11(12)16-14(17)10-4-3-7-15-8-10/h1-8H,9H2,(H,18,19). The fraction of sp³-hybridized carbons (Fsp3) is 0.0714. The minimum Gasteiger partial charge on any atom is -0.480 e. The van der Waals surface area contributed by atoms with Crippen LogP contribution < -0.4 is 0 Å². The first kappa shape index (κ1) is 11.4. The van der Waals surface area contributed by atoms with Crippen molar-refractivity contribution in [3.63, 3.8) is 0 Å². The summed E-state index contributed by atoms with van der Waals surface area (Å²) in [5.41, 5.74) is 2.39. The van der Waals surface area contributed by atoms with Crippen LogP contribution in [0.3, 0.4) is 0 Å². The van der Waals surface area contributed by atoms with Crippen molar-refractivity contribution in [2.45, 2.75) is 6.54 Å². The van der Waals surface area contributed by atoms with Crippen LogP contribution in [0.25, 0.3) is 22.4 Å². The largest absolute Gasteiger partial charge is 0.480 e. The lowest BCUT2D eigenvalue weighted by Gasteiger charge is -2.05. The highest BCUT2D eigenvalue weighted by molar-refractivity contribution is 5.82. The van der Waals surface area contributed by atoms with Crippen molar-refractivity contribution in [3.05, 3.63) is 48.8 Å². The summed E-state index contributed by atoms with van der Waals surface area (Å²) in [6.07, 6.45) is 3.35. The van der Waals surface area contributed by atoms with Gasteiger partial charge >= 0.3 is 5.97 Å². The summed E-state index contributed by atoms with van der Waals surface area (Å²) in [4.78, 5) is 19.6. The zero-order chi connectivity index (χ0) is 13.2. The number of imidazole rings is 1. The van der Waals surface area contributed by atoms with Gasteiger partial charge in [0, 0.05) is 18.0 Å². The number of hydrogen-bond acceptors (Lipinski definition) is 3. The van der Waals surface area contributed by atoms with E-state index in [0.717, 1.165) is 16.6 Å². The quantitative estimate of drug-likeness (QED) is 0.776. The van der Waals surface area contributed by atoms with Crippen molar-refractivity contribution in [1.29, 1.82) is 0 Å². The fourth-order valence-electron chi connectivity index (χ4n) is 2.09. The molecule has 3 rings (SSSR count). The molecular weight excluding hydrogens is 242 g/mol. The van der Waals surface area contributed by atoms with Gasteiger partial charge in [0.15, 0.2) is 0 Å². The van der Waals surface area contributed by atoms with Crippen molar-refractivity contribution >= 4 is 17.0 Å². The molecule has 0 aliphatic heterocycles. The molecule has 0 spiro atoms. The molecule has 0 atom stereocenters. The zero-order valence-corrected chi connectivity index (χ0v) is 10.0. The molecule has 0 saturated carbocycles. The molecule has 3 aromatic rings. The highest BCUT2D eigenvalue weighted by atomic mass is 16.4. The SMILES string of the molecule is O=C(O)Cn1c(-c2cccnc2)nc2ccccc21. The predicted molar refractivity (Wildman–Crippen MR) is 70.6 cm³/mol. The molecule has 5 heteroatoms. The van der Waals surface area contributed by atoms with E-state index in [0.29, 0.717) is 5.82 Å². The molecule has 19 heavy (non-hydrogen) atoms. The van der Waals surface area contributed by atoms with Crippen LogP contribution in [0.5, 0.6) is 0 Å². The Bertz CT molecular complexity index is 735. The lowest BCUT2D eigenvalue weighted by Crippen LogP contribution is -2.10. The number of para-hydroxylation sites is 2. The number of nitrogens with zero attached hydrogens (tertiary/aromatic N) is 3. The number of fused-ring (bicyclic) bond motifs is 1. The Balaban J connectivity index is 2.26. The van der Waals surface area contributed by atoms with Gasteiger partial charge in [-0.25, -0.2) is 4.98 Å². The smallest absolute Gasteiger partial charge is 0.323 e. The van der Waals surface area contributed by atoms with E-state index >= 15 is 0 Å². The summed E-state index contributed by atoms with van der Waals surface area (Å²) in [6, 6.07) is 11.2. The van der Waals surface area contributed by atoms with E-state index in [1.807, 2.05) is 30.3 Å². The maximum atomic E-state index is 11.0. The number of benzene rings is 1.